The second-order valence-electron chi connectivity index (χ2n) is 6.28. The number of nitrogens with one attached hydrogen (secondary N) is 1. The van der Waals surface area contributed by atoms with Gasteiger partial charge in [-0.05, 0) is 56.5 Å². The van der Waals surface area contributed by atoms with Crippen molar-refractivity contribution in [3.8, 4) is 0 Å². The van der Waals surface area contributed by atoms with Crippen molar-refractivity contribution in [1.82, 2.24) is 4.98 Å². The molecule has 0 saturated heterocycles. The van der Waals surface area contributed by atoms with Gasteiger partial charge in [-0.25, -0.2) is 4.98 Å². The fraction of sp³-hybridized carbons (Fsp3) is 0.263. The van der Waals surface area contributed by atoms with Gasteiger partial charge in [-0.1, -0.05) is 17.7 Å². The van der Waals surface area contributed by atoms with Crippen molar-refractivity contribution in [2.75, 3.05) is 5.32 Å². The zero-order chi connectivity index (χ0) is 16.0. The van der Waals surface area contributed by atoms with Gasteiger partial charge in [0.05, 0.1) is 0 Å². The van der Waals surface area contributed by atoms with E-state index in [1.807, 2.05) is 50.2 Å². The number of anilines is 1. The molecule has 0 unspecified atom stereocenters. The summed E-state index contributed by atoms with van der Waals surface area (Å²) in [6.07, 6.45) is 2.31. The Morgan fingerprint density at radius 3 is 2.78 bits per heavy atom. The standard InChI is InChI=1S/C19H18N2O2/c1-11-3-4-12(2)15(9-11)18(22)20-14-7-8-17-16(10-14)21-19(23-17)13-5-6-13/h3-4,7-10,13H,5-6H2,1-2H3,(H,20,22). The number of carbonyl (C=O) groups is 1. The van der Waals surface area contributed by atoms with Crippen molar-refractivity contribution in [3.05, 3.63) is 59.0 Å². The fourth-order valence-electron chi connectivity index (χ4n) is 2.71. The fourth-order valence-corrected chi connectivity index (χ4v) is 2.71. The predicted molar refractivity (Wildman–Crippen MR) is 89.9 cm³/mol. The molecule has 1 aliphatic rings. The Morgan fingerprint density at radius 1 is 1.17 bits per heavy atom. The average molecular weight is 306 g/mol. The number of hydrogen-bond donors (Lipinski definition) is 1. The summed E-state index contributed by atoms with van der Waals surface area (Å²) in [6.45, 7) is 3.92. The molecule has 0 atom stereocenters. The van der Waals surface area contributed by atoms with Crippen LogP contribution in [-0.2, 0) is 0 Å². The molecular formula is C19H18N2O2. The van der Waals surface area contributed by atoms with E-state index in [2.05, 4.69) is 10.3 Å². The summed E-state index contributed by atoms with van der Waals surface area (Å²) in [4.78, 5) is 17.0. The zero-order valence-corrected chi connectivity index (χ0v) is 13.2. The third kappa shape index (κ3) is 2.72. The van der Waals surface area contributed by atoms with Crippen LogP contribution in [0.5, 0.6) is 0 Å². The Hall–Kier alpha value is -2.62. The molecule has 1 amide bonds. The molecule has 0 radical (unpaired) electrons. The molecule has 3 aromatic rings. The lowest BCUT2D eigenvalue weighted by atomic mass is 10.1. The molecule has 1 heterocycles. The van der Waals surface area contributed by atoms with Gasteiger partial charge in [-0.2, -0.15) is 0 Å². The molecule has 4 nitrogen and oxygen atoms in total. The van der Waals surface area contributed by atoms with E-state index in [1.54, 1.807) is 0 Å². The molecule has 1 aromatic heterocycles. The number of benzene rings is 2. The minimum Gasteiger partial charge on any atom is -0.440 e. The van der Waals surface area contributed by atoms with Crippen molar-refractivity contribution < 1.29 is 9.21 Å². The molecule has 1 aliphatic carbocycles. The third-order valence-corrected chi connectivity index (χ3v) is 4.23. The Morgan fingerprint density at radius 2 is 2.00 bits per heavy atom. The molecule has 0 spiro atoms. The van der Waals surface area contributed by atoms with Crippen molar-refractivity contribution in [2.45, 2.75) is 32.6 Å². The van der Waals surface area contributed by atoms with Crippen molar-refractivity contribution >= 4 is 22.7 Å². The lowest BCUT2D eigenvalue weighted by Gasteiger charge is -2.08. The molecule has 116 valence electrons. The van der Waals surface area contributed by atoms with Crippen LogP contribution in [0.15, 0.2) is 40.8 Å². The van der Waals surface area contributed by atoms with Crippen LogP contribution in [0.25, 0.3) is 11.1 Å². The minimum absolute atomic E-state index is 0.100. The van der Waals surface area contributed by atoms with E-state index in [0.29, 0.717) is 11.5 Å². The van der Waals surface area contributed by atoms with Crippen LogP contribution in [0.2, 0.25) is 0 Å². The van der Waals surface area contributed by atoms with Crippen LogP contribution < -0.4 is 5.32 Å². The smallest absolute Gasteiger partial charge is 0.255 e. The molecule has 1 N–H and O–H groups in total. The molecule has 4 rings (SSSR count). The molecule has 2 aromatic carbocycles. The van der Waals surface area contributed by atoms with E-state index >= 15 is 0 Å². The Balaban J connectivity index is 1.61. The maximum Gasteiger partial charge on any atom is 0.255 e. The van der Waals surface area contributed by atoms with Crippen molar-refractivity contribution in [3.63, 3.8) is 0 Å². The van der Waals surface area contributed by atoms with Gasteiger partial charge in [0.15, 0.2) is 11.5 Å². The Kier molecular flexibility index (Phi) is 3.18. The van der Waals surface area contributed by atoms with E-state index in [9.17, 15) is 4.79 Å². The number of nitrogens with zero attached hydrogens (tertiary/aromatic N) is 1. The highest BCUT2D eigenvalue weighted by Crippen LogP contribution is 2.40. The van der Waals surface area contributed by atoms with Gasteiger partial charge < -0.3 is 9.73 Å². The summed E-state index contributed by atoms with van der Waals surface area (Å²) in [5.74, 6) is 1.20. The number of carbonyl (C=O) groups excluding carboxylic acids is 1. The number of oxazole rings is 1. The van der Waals surface area contributed by atoms with Gasteiger partial charge in [0.25, 0.3) is 5.91 Å². The first-order valence-corrected chi connectivity index (χ1v) is 7.89. The van der Waals surface area contributed by atoms with E-state index in [1.165, 1.54) is 0 Å². The maximum absolute atomic E-state index is 12.5. The number of aryl methyl sites for hydroxylation is 2. The van der Waals surface area contributed by atoms with Gasteiger partial charge in [-0.3, -0.25) is 4.79 Å². The monoisotopic (exact) mass is 306 g/mol. The van der Waals surface area contributed by atoms with Gasteiger partial charge >= 0.3 is 0 Å². The number of rotatable bonds is 3. The number of hydrogen-bond acceptors (Lipinski definition) is 3. The molecule has 0 bridgehead atoms. The molecule has 0 aliphatic heterocycles. The maximum atomic E-state index is 12.5. The summed E-state index contributed by atoms with van der Waals surface area (Å²) < 4.78 is 5.75. The molecule has 1 saturated carbocycles. The van der Waals surface area contributed by atoms with Crippen LogP contribution in [0, 0.1) is 13.8 Å². The average Bonchev–Trinajstić information content (AvgIpc) is 3.29. The van der Waals surface area contributed by atoms with Crippen LogP contribution in [0.1, 0.15) is 46.1 Å². The lowest BCUT2D eigenvalue weighted by molar-refractivity contribution is 0.102. The minimum atomic E-state index is -0.100. The summed E-state index contributed by atoms with van der Waals surface area (Å²) in [5.41, 5.74) is 5.04. The van der Waals surface area contributed by atoms with Crippen LogP contribution in [0.3, 0.4) is 0 Å². The highest BCUT2D eigenvalue weighted by molar-refractivity contribution is 6.06. The molecular weight excluding hydrogens is 288 g/mol. The topological polar surface area (TPSA) is 55.1 Å². The highest BCUT2D eigenvalue weighted by Gasteiger charge is 2.28. The van der Waals surface area contributed by atoms with Crippen molar-refractivity contribution in [2.24, 2.45) is 0 Å². The quantitative estimate of drug-likeness (QED) is 0.771. The van der Waals surface area contributed by atoms with Crippen LogP contribution >= 0.6 is 0 Å². The summed E-state index contributed by atoms with van der Waals surface area (Å²) in [7, 11) is 0. The highest BCUT2D eigenvalue weighted by atomic mass is 16.3. The van der Waals surface area contributed by atoms with Gasteiger partial charge in [-0.15, -0.1) is 0 Å². The predicted octanol–water partition coefficient (Wildman–Crippen LogP) is 4.57. The van der Waals surface area contributed by atoms with Crippen LogP contribution in [-0.4, -0.2) is 10.9 Å². The van der Waals surface area contributed by atoms with Crippen molar-refractivity contribution in [1.29, 1.82) is 0 Å². The summed E-state index contributed by atoms with van der Waals surface area (Å²) in [6, 6.07) is 11.5. The molecule has 4 heteroatoms. The Labute approximate surface area is 134 Å². The van der Waals surface area contributed by atoms with E-state index in [-0.39, 0.29) is 5.91 Å². The van der Waals surface area contributed by atoms with Gasteiger partial charge in [0, 0.05) is 17.2 Å². The Bertz CT molecular complexity index is 907. The molecule has 23 heavy (non-hydrogen) atoms. The van der Waals surface area contributed by atoms with Gasteiger partial charge in [0.1, 0.15) is 5.52 Å². The second kappa shape index (κ2) is 5.23. The molecule has 1 fully saturated rings. The van der Waals surface area contributed by atoms with Gasteiger partial charge in [0.2, 0.25) is 0 Å². The first-order valence-electron chi connectivity index (χ1n) is 7.89. The SMILES string of the molecule is Cc1ccc(C)c(C(=O)Nc2ccc3oc(C4CC4)nc3c2)c1. The largest absolute Gasteiger partial charge is 0.440 e. The summed E-state index contributed by atoms with van der Waals surface area (Å²) >= 11 is 0. The van der Waals surface area contributed by atoms with E-state index < -0.39 is 0 Å². The number of amides is 1. The van der Waals surface area contributed by atoms with E-state index in [0.717, 1.165) is 46.6 Å². The second-order valence-corrected chi connectivity index (χ2v) is 6.28. The first-order chi connectivity index (χ1) is 11.1. The normalized spacial score (nSPS) is 14.2. The van der Waals surface area contributed by atoms with E-state index in [4.69, 9.17) is 4.42 Å². The number of fused-ring (bicyclic) bond motifs is 1. The lowest BCUT2D eigenvalue weighted by Crippen LogP contribution is -2.13. The third-order valence-electron chi connectivity index (χ3n) is 4.23. The number of aromatic nitrogens is 1. The first kappa shape index (κ1) is 14.0. The zero-order valence-electron chi connectivity index (χ0n) is 13.2. The van der Waals surface area contributed by atoms with Crippen LogP contribution in [0.4, 0.5) is 5.69 Å². The summed E-state index contributed by atoms with van der Waals surface area (Å²) in [5, 5.41) is 2.95.